The molecule has 1 spiro atoms. The van der Waals surface area contributed by atoms with Crippen molar-refractivity contribution in [2.75, 3.05) is 0 Å². The van der Waals surface area contributed by atoms with E-state index in [1.165, 1.54) is 0 Å². The van der Waals surface area contributed by atoms with E-state index in [-0.39, 0.29) is 17.0 Å². The number of rotatable bonds is 2. The molecule has 0 aliphatic carbocycles. The minimum Gasteiger partial charge on any atom is -0.508 e. The highest BCUT2D eigenvalue weighted by Gasteiger charge is 2.58. The standard InChI is InChI=1S/C25H18ClN3O3S/c26-17-8-11-22-19(13-17)21-14-20(16-4-2-1-3-5-16)28-29(21)25(32-22)23(33-24(31)27-25)12-15-6-9-18(30)10-7-15/h1-13,21,30H,14H2,(H,27,31)/b23-12-. The van der Waals surface area contributed by atoms with E-state index >= 15 is 0 Å². The molecule has 3 aliphatic rings. The molecule has 2 unspecified atom stereocenters. The van der Waals surface area contributed by atoms with Crippen molar-refractivity contribution in [2.45, 2.75) is 18.3 Å². The van der Waals surface area contributed by atoms with Gasteiger partial charge in [0.25, 0.3) is 5.24 Å². The SMILES string of the molecule is O=C1NC2(Oc3ccc(Cl)cc3C3CC(c4ccccc4)=NN32)/C(=C/c2ccc(O)cc2)S1. The molecule has 0 saturated carbocycles. The molecule has 33 heavy (non-hydrogen) atoms. The molecule has 6 nitrogen and oxygen atoms in total. The lowest BCUT2D eigenvalue weighted by Crippen LogP contribution is -2.61. The fourth-order valence-corrected chi connectivity index (χ4v) is 5.51. The van der Waals surface area contributed by atoms with Crippen molar-refractivity contribution in [3.8, 4) is 11.5 Å². The van der Waals surface area contributed by atoms with Crippen LogP contribution in [0.25, 0.3) is 6.08 Å². The number of carbonyl (C=O) groups is 1. The van der Waals surface area contributed by atoms with E-state index in [4.69, 9.17) is 21.4 Å². The minimum absolute atomic E-state index is 0.162. The van der Waals surface area contributed by atoms with E-state index < -0.39 is 5.85 Å². The number of fused-ring (bicyclic) bond motifs is 4. The molecule has 1 fully saturated rings. The van der Waals surface area contributed by atoms with Crippen LogP contribution in [-0.4, -0.2) is 26.9 Å². The Bertz CT molecular complexity index is 1330. The highest BCUT2D eigenvalue weighted by Crippen LogP contribution is 2.53. The number of ether oxygens (including phenoxy) is 1. The van der Waals surface area contributed by atoms with Gasteiger partial charge < -0.3 is 9.84 Å². The first-order valence-corrected chi connectivity index (χ1v) is 11.6. The topological polar surface area (TPSA) is 74.2 Å². The summed E-state index contributed by atoms with van der Waals surface area (Å²) in [5.74, 6) is -0.442. The maximum absolute atomic E-state index is 12.7. The number of nitrogens with zero attached hydrogens (tertiary/aromatic N) is 2. The van der Waals surface area contributed by atoms with Crippen molar-refractivity contribution in [1.82, 2.24) is 10.3 Å². The second-order valence-corrected chi connectivity index (χ2v) is 9.47. The quantitative estimate of drug-likeness (QED) is 0.494. The Morgan fingerprint density at radius 1 is 1.15 bits per heavy atom. The van der Waals surface area contributed by atoms with Crippen LogP contribution in [-0.2, 0) is 0 Å². The van der Waals surface area contributed by atoms with Crippen LogP contribution in [0.1, 0.15) is 29.2 Å². The molecule has 0 radical (unpaired) electrons. The highest BCUT2D eigenvalue weighted by atomic mass is 35.5. The number of thioether (sulfide) groups is 1. The monoisotopic (exact) mass is 475 g/mol. The van der Waals surface area contributed by atoms with Crippen molar-refractivity contribution in [3.63, 3.8) is 0 Å². The molecular weight excluding hydrogens is 458 g/mol. The smallest absolute Gasteiger partial charge is 0.314 e. The van der Waals surface area contributed by atoms with Crippen LogP contribution < -0.4 is 10.1 Å². The predicted molar refractivity (Wildman–Crippen MR) is 129 cm³/mol. The number of halogens is 1. The van der Waals surface area contributed by atoms with E-state index in [0.717, 1.165) is 34.2 Å². The lowest BCUT2D eigenvalue weighted by molar-refractivity contribution is -0.0949. The van der Waals surface area contributed by atoms with Crippen LogP contribution in [0.15, 0.2) is 82.8 Å². The van der Waals surface area contributed by atoms with Gasteiger partial charge in [-0.3, -0.25) is 10.1 Å². The largest absolute Gasteiger partial charge is 0.508 e. The molecule has 3 heterocycles. The number of aromatic hydroxyl groups is 1. The minimum atomic E-state index is -1.28. The first-order chi connectivity index (χ1) is 16.0. The Morgan fingerprint density at radius 3 is 2.73 bits per heavy atom. The molecule has 1 amide bonds. The predicted octanol–water partition coefficient (Wildman–Crippen LogP) is 5.74. The Kier molecular flexibility index (Phi) is 4.64. The molecular formula is C25H18ClN3O3S. The average Bonchev–Trinajstić information content (AvgIpc) is 3.40. The molecule has 164 valence electrons. The van der Waals surface area contributed by atoms with Crippen LogP contribution in [0.4, 0.5) is 4.79 Å². The van der Waals surface area contributed by atoms with E-state index in [2.05, 4.69) is 5.32 Å². The molecule has 3 aliphatic heterocycles. The average molecular weight is 476 g/mol. The third-order valence-electron chi connectivity index (χ3n) is 5.93. The van der Waals surface area contributed by atoms with Crippen LogP contribution in [0.5, 0.6) is 11.5 Å². The van der Waals surface area contributed by atoms with Crippen molar-refractivity contribution >= 4 is 40.4 Å². The fourth-order valence-electron chi connectivity index (χ4n) is 4.42. The Morgan fingerprint density at radius 2 is 1.94 bits per heavy atom. The van der Waals surface area contributed by atoms with E-state index in [1.807, 2.05) is 53.5 Å². The molecule has 1 saturated heterocycles. The summed E-state index contributed by atoms with van der Waals surface area (Å²) in [6.45, 7) is 0. The van der Waals surface area contributed by atoms with Crippen LogP contribution in [0, 0.1) is 0 Å². The van der Waals surface area contributed by atoms with Gasteiger partial charge in [-0.2, -0.15) is 5.10 Å². The van der Waals surface area contributed by atoms with Crippen molar-refractivity contribution in [1.29, 1.82) is 0 Å². The Hall–Kier alpha value is -3.42. The van der Waals surface area contributed by atoms with Crippen molar-refractivity contribution in [2.24, 2.45) is 5.10 Å². The number of hydrazone groups is 1. The normalized spacial score (nSPS) is 24.3. The summed E-state index contributed by atoms with van der Waals surface area (Å²) in [6.07, 6.45) is 2.53. The van der Waals surface area contributed by atoms with Gasteiger partial charge in [-0.1, -0.05) is 54.1 Å². The summed E-state index contributed by atoms with van der Waals surface area (Å²) in [4.78, 5) is 13.3. The van der Waals surface area contributed by atoms with Gasteiger partial charge in [-0.15, -0.1) is 0 Å². The van der Waals surface area contributed by atoms with Crippen LogP contribution in [0.3, 0.4) is 0 Å². The van der Waals surface area contributed by atoms with Gasteiger partial charge in [0.1, 0.15) is 11.5 Å². The number of hydrogen-bond acceptors (Lipinski definition) is 6. The number of hydrogen-bond donors (Lipinski definition) is 2. The second kappa shape index (κ2) is 7.57. The van der Waals surface area contributed by atoms with E-state index in [0.29, 0.717) is 22.1 Å². The number of carbonyl (C=O) groups excluding carboxylic acids is 1. The number of amides is 1. The molecule has 3 aromatic rings. The summed E-state index contributed by atoms with van der Waals surface area (Å²) in [6, 6.07) is 22.1. The Balaban J connectivity index is 1.52. The first kappa shape index (κ1) is 20.2. The highest BCUT2D eigenvalue weighted by molar-refractivity contribution is 8.17. The number of phenolic OH excluding ortho intramolecular Hbond substituents is 1. The van der Waals surface area contributed by atoms with Gasteiger partial charge in [-0.25, -0.2) is 5.01 Å². The first-order valence-electron chi connectivity index (χ1n) is 10.4. The van der Waals surface area contributed by atoms with Gasteiger partial charge >= 0.3 is 5.85 Å². The summed E-state index contributed by atoms with van der Waals surface area (Å²) in [7, 11) is 0. The fraction of sp³-hybridized carbons (Fsp3) is 0.120. The van der Waals surface area contributed by atoms with Gasteiger partial charge in [0.2, 0.25) is 0 Å². The lowest BCUT2D eigenvalue weighted by Gasteiger charge is -2.45. The van der Waals surface area contributed by atoms with Gasteiger partial charge in [-0.05, 0) is 59.3 Å². The maximum Gasteiger partial charge on any atom is 0.314 e. The molecule has 6 rings (SSSR count). The summed E-state index contributed by atoms with van der Waals surface area (Å²) >= 11 is 7.41. The third kappa shape index (κ3) is 3.35. The second-order valence-electron chi connectivity index (χ2n) is 8.02. The molecule has 8 heteroatoms. The van der Waals surface area contributed by atoms with Crippen LogP contribution >= 0.6 is 23.4 Å². The molecule has 0 aromatic heterocycles. The number of phenols is 1. The maximum atomic E-state index is 12.7. The van der Waals surface area contributed by atoms with E-state index in [9.17, 15) is 9.90 Å². The van der Waals surface area contributed by atoms with E-state index in [1.54, 1.807) is 30.3 Å². The number of nitrogens with one attached hydrogen (secondary N) is 1. The lowest BCUT2D eigenvalue weighted by atomic mass is 9.95. The van der Waals surface area contributed by atoms with Gasteiger partial charge in [0.15, 0.2) is 0 Å². The number of benzene rings is 3. The molecule has 2 atom stereocenters. The third-order valence-corrected chi connectivity index (χ3v) is 7.06. The molecule has 3 aromatic carbocycles. The zero-order valence-electron chi connectivity index (χ0n) is 17.2. The van der Waals surface area contributed by atoms with Crippen molar-refractivity contribution < 1.29 is 14.6 Å². The summed E-state index contributed by atoms with van der Waals surface area (Å²) in [5, 5.41) is 19.9. The molecule has 0 bridgehead atoms. The molecule has 2 N–H and O–H groups in total. The van der Waals surface area contributed by atoms with Crippen LogP contribution in [0.2, 0.25) is 5.02 Å². The Labute approximate surface area is 199 Å². The zero-order valence-corrected chi connectivity index (χ0v) is 18.8. The van der Waals surface area contributed by atoms with Gasteiger partial charge in [0.05, 0.1) is 16.7 Å². The van der Waals surface area contributed by atoms with Gasteiger partial charge in [0, 0.05) is 17.0 Å². The van der Waals surface area contributed by atoms with Crippen molar-refractivity contribution in [3.05, 3.63) is 99.4 Å². The summed E-state index contributed by atoms with van der Waals surface area (Å²) < 4.78 is 6.50. The summed E-state index contributed by atoms with van der Waals surface area (Å²) in [5.41, 5.74) is 3.69. The zero-order chi connectivity index (χ0) is 22.6.